The zero-order valence-corrected chi connectivity index (χ0v) is 17.8. The van der Waals surface area contributed by atoms with Gasteiger partial charge in [0.1, 0.15) is 17.3 Å². The summed E-state index contributed by atoms with van der Waals surface area (Å²) in [5.74, 6) is -0.983. The van der Waals surface area contributed by atoms with E-state index in [1.807, 2.05) is 0 Å². The number of nitrogens with one attached hydrogen (secondary N) is 1. The maximum Gasteiger partial charge on any atom is 0.306 e. The summed E-state index contributed by atoms with van der Waals surface area (Å²) in [6, 6.07) is 3.72. The number of ether oxygens (including phenoxy) is 1. The molecule has 4 rings (SSSR count). The van der Waals surface area contributed by atoms with E-state index in [9.17, 15) is 24.5 Å². The van der Waals surface area contributed by atoms with Crippen molar-refractivity contribution in [3.63, 3.8) is 0 Å². The van der Waals surface area contributed by atoms with Crippen LogP contribution in [0.5, 0.6) is 0 Å². The van der Waals surface area contributed by atoms with Gasteiger partial charge in [0.25, 0.3) is 11.2 Å². The number of nitro groups is 1. The summed E-state index contributed by atoms with van der Waals surface area (Å²) in [7, 11) is 0. The molecule has 0 spiro atoms. The monoisotopic (exact) mass is 456 g/mol. The van der Waals surface area contributed by atoms with Gasteiger partial charge in [-0.2, -0.15) is 0 Å². The highest BCUT2D eigenvalue weighted by molar-refractivity contribution is 7.18. The number of nitrogens with two attached hydrogens (primary N) is 1. The van der Waals surface area contributed by atoms with E-state index in [2.05, 4.69) is 9.97 Å². The van der Waals surface area contributed by atoms with Gasteiger partial charge in [0.2, 0.25) is 5.91 Å². The first-order valence-corrected chi connectivity index (χ1v) is 10.9. The Morgan fingerprint density at radius 1 is 1.28 bits per heavy atom. The molecule has 0 saturated carbocycles. The molecule has 0 bridgehead atoms. The predicted octanol–water partition coefficient (Wildman–Crippen LogP) is 2.55. The highest BCUT2D eigenvalue weighted by Crippen LogP contribution is 2.33. The number of H-pyrrole nitrogens is 1. The van der Waals surface area contributed by atoms with Crippen molar-refractivity contribution in [3.8, 4) is 0 Å². The maximum atomic E-state index is 12.6. The van der Waals surface area contributed by atoms with Crippen molar-refractivity contribution in [2.24, 2.45) is 5.73 Å². The lowest BCUT2D eigenvalue weighted by molar-refractivity contribution is -0.385. The molecule has 1 aliphatic rings. The van der Waals surface area contributed by atoms with Gasteiger partial charge in [0.15, 0.2) is 0 Å². The van der Waals surface area contributed by atoms with Gasteiger partial charge in [0.05, 0.1) is 22.3 Å². The molecule has 11 heteroatoms. The van der Waals surface area contributed by atoms with Crippen LogP contribution >= 0.6 is 11.3 Å². The zero-order chi connectivity index (χ0) is 22.8. The molecule has 32 heavy (non-hydrogen) atoms. The second-order valence-electron chi connectivity index (χ2n) is 7.53. The van der Waals surface area contributed by atoms with Crippen LogP contribution in [0.1, 0.15) is 51.4 Å². The molecule has 10 nitrogen and oxygen atoms in total. The number of thiophene rings is 1. The van der Waals surface area contributed by atoms with Crippen molar-refractivity contribution in [3.05, 3.63) is 66.1 Å². The van der Waals surface area contributed by atoms with Gasteiger partial charge in [-0.25, -0.2) is 4.98 Å². The minimum atomic E-state index is -0.790. The summed E-state index contributed by atoms with van der Waals surface area (Å²) in [5, 5.41) is 11.9. The molecule has 166 valence electrons. The minimum absolute atomic E-state index is 0.00699. The Morgan fingerprint density at radius 3 is 2.81 bits per heavy atom. The van der Waals surface area contributed by atoms with Crippen LogP contribution in [0.4, 0.5) is 5.69 Å². The number of hydrogen-bond donors (Lipinski definition) is 2. The van der Waals surface area contributed by atoms with E-state index in [1.165, 1.54) is 28.3 Å². The Bertz CT molecular complexity index is 1300. The van der Waals surface area contributed by atoms with Crippen molar-refractivity contribution in [1.82, 2.24) is 9.97 Å². The Hall–Kier alpha value is -3.60. The van der Waals surface area contributed by atoms with Crippen LogP contribution in [-0.4, -0.2) is 26.8 Å². The number of carbonyl (C=O) groups excluding carboxylic acids is 2. The molecule has 2 heterocycles. The molecule has 0 saturated heterocycles. The van der Waals surface area contributed by atoms with Crippen LogP contribution in [0.2, 0.25) is 0 Å². The molecule has 0 fully saturated rings. The summed E-state index contributed by atoms with van der Waals surface area (Å²) in [4.78, 5) is 55.7. The highest BCUT2D eigenvalue weighted by atomic mass is 32.1. The number of nitro benzene ring substituents is 1. The molecule has 0 aliphatic heterocycles. The molecule has 1 amide bonds. The first-order valence-electron chi connectivity index (χ1n) is 10.1. The fourth-order valence-electron chi connectivity index (χ4n) is 3.79. The van der Waals surface area contributed by atoms with Gasteiger partial charge in [-0.15, -0.1) is 11.3 Å². The lowest BCUT2D eigenvalue weighted by Crippen LogP contribution is -2.15. The van der Waals surface area contributed by atoms with Gasteiger partial charge in [-0.05, 0) is 43.4 Å². The second-order valence-corrected chi connectivity index (χ2v) is 8.61. The fraction of sp³-hybridized carbons (Fsp3) is 0.333. The Kier molecular flexibility index (Phi) is 5.99. The Balaban J connectivity index is 1.41. The van der Waals surface area contributed by atoms with Gasteiger partial charge in [-0.3, -0.25) is 24.5 Å². The van der Waals surface area contributed by atoms with Gasteiger partial charge in [0, 0.05) is 22.9 Å². The highest BCUT2D eigenvalue weighted by Gasteiger charge is 2.21. The molecule has 2 aromatic heterocycles. The Labute approximate surface area is 185 Å². The molecule has 1 aromatic carbocycles. The van der Waals surface area contributed by atoms with Crippen LogP contribution in [-0.2, 0) is 35.4 Å². The number of rotatable bonds is 7. The normalized spacial score (nSPS) is 13.0. The summed E-state index contributed by atoms with van der Waals surface area (Å²) < 4.78 is 5.15. The second kappa shape index (κ2) is 8.87. The van der Waals surface area contributed by atoms with Crippen LogP contribution < -0.4 is 11.3 Å². The number of aromatic nitrogens is 2. The summed E-state index contributed by atoms with van der Waals surface area (Å²) >= 11 is 1.53. The first-order chi connectivity index (χ1) is 15.3. The van der Waals surface area contributed by atoms with Crippen molar-refractivity contribution < 1.29 is 19.2 Å². The zero-order valence-electron chi connectivity index (χ0n) is 17.0. The summed E-state index contributed by atoms with van der Waals surface area (Å²) in [6.45, 7) is -0.325. The molecular formula is C21H20N4O6S. The van der Waals surface area contributed by atoms with Crippen molar-refractivity contribution in [2.75, 3.05) is 0 Å². The minimum Gasteiger partial charge on any atom is -0.461 e. The Morgan fingerprint density at radius 2 is 2.06 bits per heavy atom. The number of primary amides is 1. The number of fused-ring (bicyclic) bond motifs is 3. The smallest absolute Gasteiger partial charge is 0.306 e. The number of carbonyl (C=O) groups is 2. The topological polar surface area (TPSA) is 158 Å². The first kappa shape index (κ1) is 21.6. The van der Waals surface area contributed by atoms with Gasteiger partial charge < -0.3 is 15.5 Å². The van der Waals surface area contributed by atoms with Crippen LogP contribution in [0, 0.1) is 10.1 Å². The molecule has 1 aliphatic carbocycles. The van der Waals surface area contributed by atoms with E-state index >= 15 is 0 Å². The van der Waals surface area contributed by atoms with E-state index in [0.717, 1.165) is 37.3 Å². The molecule has 3 aromatic rings. The summed E-state index contributed by atoms with van der Waals surface area (Å²) in [6.07, 6.45) is 4.15. The summed E-state index contributed by atoms with van der Waals surface area (Å²) in [5.41, 5.74) is 5.83. The number of aromatic amines is 1. The average molecular weight is 456 g/mol. The van der Waals surface area contributed by atoms with E-state index in [4.69, 9.17) is 10.5 Å². The lowest BCUT2D eigenvalue weighted by atomic mass is 9.97. The van der Waals surface area contributed by atoms with E-state index in [-0.39, 0.29) is 41.8 Å². The molecule has 0 unspecified atom stereocenters. The third-order valence-corrected chi connectivity index (χ3v) is 6.58. The average Bonchev–Trinajstić information content (AvgIpc) is 3.14. The SMILES string of the molecule is NC(=O)c1ccc(COC(=O)CCc2nc3sc4c(c3c(=O)[nH]2)CCCC4)c([N+](=O)[O-])c1. The van der Waals surface area contributed by atoms with E-state index in [0.29, 0.717) is 16.0 Å². The van der Waals surface area contributed by atoms with Gasteiger partial charge in [-0.1, -0.05) is 0 Å². The quantitative estimate of drug-likeness (QED) is 0.314. The molecule has 0 radical (unpaired) electrons. The number of nitrogens with zero attached hydrogens (tertiary/aromatic N) is 2. The van der Waals surface area contributed by atoms with E-state index in [1.54, 1.807) is 0 Å². The van der Waals surface area contributed by atoms with E-state index < -0.39 is 16.8 Å². The number of amides is 1. The number of hydrogen-bond acceptors (Lipinski definition) is 8. The van der Waals surface area contributed by atoms with Crippen molar-refractivity contribution in [1.29, 1.82) is 0 Å². The van der Waals surface area contributed by atoms with Crippen LogP contribution in [0.15, 0.2) is 23.0 Å². The van der Waals surface area contributed by atoms with Crippen molar-refractivity contribution in [2.45, 2.75) is 45.1 Å². The fourth-order valence-corrected chi connectivity index (χ4v) is 5.07. The number of aryl methyl sites for hydroxylation is 3. The standard InChI is InChI=1S/C21H20N4O6S/c22-19(27)11-5-6-12(14(9-11)25(29)30)10-31-17(26)8-7-16-23-20(28)18-13-3-1-2-4-15(13)32-21(18)24-16/h5-6,9H,1-4,7-8,10H2,(H2,22,27)(H,23,24,28). The maximum absolute atomic E-state index is 12.6. The predicted molar refractivity (Wildman–Crippen MR) is 117 cm³/mol. The number of benzene rings is 1. The largest absolute Gasteiger partial charge is 0.461 e. The molecular weight excluding hydrogens is 436 g/mol. The molecule has 3 N–H and O–H groups in total. The van der Waals surface area contributed by atoms with Crippen LogP contribution in [0.3, 0.4) is 0 Å². The third-order valence-electron chi connectivity index (χ3n) is 5.40. The van der Waals surface area contributed by atoms with Gasteiger partial charge >= 0.3 is 5.97 Å². The van der Waals surface area contributed by atoms with Crippen LogP contribution in [0.25, 0.3) is 10.2 Å². The van der Waals surface area contributed by atoms with Crippen molar-refractivity contribution >= 4 is 39.1 Å². The lowest BCUT2D eigenvalue weighted by Gasteiger charge is -2.09. The molecule has 0 atom stereocenters. The number of esters is 1. The third kappa shape index (κ3) is 4.37.